The summed E-state index contributed by atoms with van der Waals surface area (Å²) in [7, 11) is 0. The fourth-order valence-corrected chi connectivity index (χ4v) is 4.16. The largest absolute Gasteiger partial charge is 0.401 e. The van der Waals surface area contributed by atoms with Crippen LogP contribution in [0.25, 0.3) is 10.8 Å². The average Bonchev–Trinajstić information content (AvgIpc) is 2.62. The minimum Gasteiger partial charge on any atom is -0.350 e. The molecule has 0 unspecified atom stereocenters. The predicted molar refractivity (Wildman–Crippen MR) is 111 cm³/mol. The fraction of sp³-hybridized carbons (Fsp3) is 0.550. The van der Waals surface area contributed by atoms with Crippen LogP contribution in [0.5, 0.6) is 0 Å². The molecule has 1 aromatic carbocycles. The number of fused-ring (bicyclic) bond motifs is 1. The van der Waals surface area contributed by atoms with Gasteiger partial charge in [-0.05, 0) is 43.5 Å². The standard InChI is InChI=1S/C20H24BrF3N4O2/c1-12(2)18-16-8-13(21)5-6-15(16)19(30)28(26-18)10-17(29)25-14-4-3-7-27(9-14)11-20(22,23)24/h5-6,8,12,14H,3-4,7,9-11H2,1-2H3,(H,25,29)/t14-/m0/s1. The first kappa shape index (κ1) is 22.7. The van der Waals surface area contributed by atoms with Gasteiger partial charge in [-0.15, -0.1) is 0 Å². The van der Waals surface area contributed by atoms with Crippen LogP contribution >= 0.6 is 15.9 Å². The number of hydrogen-bond acceptors (Lipinski definition) is 4. The highest BCUT2D eigenvalue weighted by Gasteiger charge is 2.33. The maximum atomic E-state index is 12.8. The van der Waals surface area contributed by atoms with E-state index in [-0.39, 0.29) is 30.6 Å². The number of carbonyl (C=O) groups excluding carboxylic acids is 1. The molecule has 0 saturated carbocycles. The Bertz CT molecular complexity index is 990. The zero-order valence-electron chi connectivity index (χ0n) is 16.8. The molecule has 164 valence electrons. The third kappa shape index (κ3) is 5.60. The average molecular weight is 489 g/mol. The van der Waals surface area contributed by atoms with Gasteiger partial charge in [-0.2, -0.15) is 18.3 Å². The van der Waals surface area contributed by atoms with Gasteiger partial charge in [0.1, 0.15) is 6.54 Å². The number of benzene rings is 1. The molecule has 0 bridgehead atoms. The number of aromatic nitrogens is 2. The Labute approximate surface area is 180 Å². The summed E-state index contributed by atoms with van der Waals surface area (Å²) in [4.78, 5) is 26.7. The molecule has 30 heavy (non-hydrogen) atoms. The van der Waals surface area contributed by atoms with Gasteiger partial charge in [-0.1, -0.05) is 29.8 Å². The van der Waals surface area contributed by atoms with E-state index in [2.05, 4.69) is 26.3 Å². The van der Waals surface area contributed by atoms with Crippen LogP contribution in [-0.2, 0) is 11.3 Å². The van der Waals surface area contributed by atoms with Crippen LogP contribution in [0.4, 0.5) is 13.2 Å². The third-order valence-corrected chi connectivity index (χ3v) is 5.56. The molecule has 0 aliphatic carbocycles. The van der Waals surface area contributed by atoms with Crippen LogP contribution in [0, 0.1) is 0 Å². The summed E-state index contributed by atoms with van der Waals surface area (Å²) in [5.74, 6) is -0.402. The summed E-state index contributed by atoms with van der Waals surface area (Å²) >= 11 is 3.40. The van der Waals surface area contributed by atoms with E-state index in [0.717, 1.165) is 14.5 Å². The molecule has 1 saturated heterocycles. The quantitative estimate of drug-likeness (QED) is 0.699. The van der Waals surface area contributed by atoms with Crippen molar-refractivity contribution < 1.29 is 18.0 Å². The molecule has 3 rings (SSSR count). The van der Waals surface area contributed by atoms with E-state index in [9.17, 15) is 22.8 Å². The number of alkyl halides is 3. The number of piperidine rings is 1. The number of carbonyl (C=O) groups is 1. The second-order valence-electron chi connectivity index (χ2n) is 7.95. The van der Waals surface area contributed by atoms with Gasteiger partial charge in [-0.25, -0.2) is 4.68 Å². The lowest BCUT2D eigenvalue weighted by atomic mass is 10.0. The van der Waals surface area contributed by atoms with Gasteiger partial charge in [-0.3, -0.25) is 14.5 Å². The van der Waals surface area contributed by atoms with Crippen molar-refractivity contribution in [2.75, 3.05) is 19.6 Å². The smallest absolute Gasteiger partial charge is 0.350 e. The lowest BCUT2D eigenvalue weighted by Crippen LogP contribution is -2.50. The number of likely N-dealkylation sites (tertiary alicyclic amines) is 1. The number of halogens is 4. The highest BCUT2D eigenvalue weighted by atomic mass is 79.9. The minimum absolute atomic E-state index is 0.0333. The summed E-state index contributed by atoms with van der Waals surface area (Å²) in [6.07, 6.45) is -3.09. The van der Waals surface area contributed by atoms with E-state index in [1.54, 1.807) is 12.1 Å². The SMILES string of the molecule is CC(C)c1nn(CC(=O)N[C@H]2CCCN(CC(F)(F)F)C2)c(=O)c2ccc(Br)cc12. The lowest BCUT2D eigenvalue weighted by Gasteiger charge is -2.33. The summed E-state index contributed by atoms with van der Waals surface area (Å²) in [5, 5.41) is 8.37. The topological polar surface area (TPSA) is 67.2 Å². The van der Waals surface area contributed by atoms with Crippen molar-refractivity contribution in [3.05, 3.63) is 38.7 Å². The molecule has 2 heterocycles. The van der Waals surface area contributed by atoms with E-state index in [0.29, 0.717) is 30.5 Å². The molecule has 6 nitrogen and oxygen atoms in total. The first-order valence-electron chi connectivity index (χ1n) is 9.82. The predicted octanol–water partition coefficient (Wildman–Crippen LogP) is 3.43. The summed E-state index contributed by atoms with van der Waals surface area (Å²) in [5.41, 5.74) is 0.326. The normalized spacial score (nSPS) is 18.2. The Balaban J connectivity index is 1.76. The molecule has 1 aliphatic rings. The van der Waals surface area contributed by atoms with Crippen molar-refractivity contribution >= 4 is 32.6 Å². The molecule has 1 fully saturated rings. The number of amides is 1. The lowest BCUT2D eigenvalue weighted by molar-refractivity contribution is -0.148. The number of nitrogens with one attached hydrogen (secondary N) is 1. The first-order chi connectivity index (χ1) is 14.0. The molecular formula is C20H24BrF3N4O2. The third-order valence-electron chi connectivity index (χ3n) is 5.06. The van der Waals surface area contributed by atoms with E-state index in [4.69, 9.17) is 0 Å². The number of rotatable bonds is 5. The fourth-order valence-electron chi connectivity index (χ4n) is 3.80. The van der Waals surface area contributed by atoms with Crippen molar-refractivity contribution in [1.29, 1.82) is 0 Å². The second kappa shape index (κ2) is 9.05. The Morgan fingerprint density at radius 2 is 2.07 bits per heavy atom. The van der Waals surface area contributed by atoms with Gasteiger partial charge in [0, 0.05) is 22.4 Å². The Morgan fingerprint density at radius 1 is 1.33 bits per heavy atom. The molecule has 1 atom stereocenters. The van der Waals surface area contributed by atoms with Gasteiger partial charge < -0.3 is 5.32 Å². The van der Waals surface area contributed by atoms with Gasteiger partial charge in [0.2, 0.25) is 5.91 Å². The van der Waals surface area contributed by atoms with Gasteiger partial charge in [0.25, 0.3) is 5.56 Å². The Morgan fingerprint density at radius 3 is 2.73 bits per heavy atom. The van der Waals surface area contributed by atoms with Crippen molar-refractivity contribution in [3.63, 3.8) is 0 Å². The molecule has 1 amide bonds. The summed E-state index contributed by atoms with van der Waals surface area (Å²) in [6, 6.07) is 4.90. The monoisotopic (exact) mass is 488 g/mol. The van der Waals surface area contributed by atoms with Gasteiger partial charge >= 0.3 is 6.18 Å². The van der Waals surface area contributed by atoms with Crippen LogP contribution < -0.4 is 10.9 Å². The molecule has 1 aliphatic heterocycles. The Kier molecular flexibility index (Phi) is 6.86. The van der Waals surface area contributed by atoms with E-state index >= 15 is 0 Å². The van der Waals surface area contributed by atoms with Gasteiger partial charge in [0.05, 0.1) is 17.6 Å². The zero-order chi connectivity index (χ0) is 22.1. The van der Waals surface area contributed by atoms with Crippen LogP contribution in [-0.4, -0.2) is 52.4 Å². The van der Waals surface area contributed by atoms with Gasteiger partial charge in [0.15, 0.2) is 0 Å². The van der Waals surface area contributed by atoms with Crippen LogP contribution in [0.1, 0.15) is 38.3 Å². The molecule has 2 aromatic rings. The molecular weight excluding hydrogens is 465 g/mol. The van der Waals surface area contributed by atoms with Crippen molar-refractivity contribution in [3.8, 4) is 0 Å². The number of nitrogens with zero attached hydrogens (tertiary/aromatic N) is 3. The van der Waals surface area contributed by atoms with Crippen molar-refractivity contribution in [1.82, 2.24) is 20.0 Å². The zero-order valence-corrected chi connectivity index (χ0v) is 18.4. The highest BCUT2D eigenvalue weighted by Crippen LogP contribution is 2.24. The van der Waals surface area contributed by atoms with Crippen molar-refractivity contribution in [2.45, 2.75) is 51.4 Å². The molecule has 0 radical (unpaired) electrons. The van der Waals surface area contributed by atoms with E-state index in [1.165, 1.54) is 4.90 Å². The maximum Gasteiger partial charge on any atom is 0.401 e. The molecule has 10 heteroatoms. The first-order valence-corrected chi connectivity index (χ1v) is 10.6. The van der Waals surface area contributed by atoms with E-state index in [1.807, 2.05) is 19.9 Å². The summed E-state index contributed by atoms with van der Waals surface area (Å²) < 4.78 is 39.9. The highest BCUT2D eigenvalue weighted by molar-refractivity contribution is 9.10. The Hall–Kier alpha value is -1.94. The van der Waals surface area contributed by atoms with E-state index < -0.39 is 18.6 Å². The van der Waals surface area contributed by atoms with Crippen LogP contribution in [0.2, 0.25) is 0 Å². The molecule has 0 spiro atoms. The van der Waals surface area contributed by atoms with Crippen molar-refractivity contribution in [2.24, 2.45) is 0 Å². The second-order valence-corrected chi connectivity index (χ2v) is 8.87. The number of hydrogen-bond donors (Lipinski definition) is 1. The summed E-state index contributed by atoms with van der Waals surface area (Å²) in [6.45, 7) is 3.13. The van der Waals surface area contributed by atoms with Crippen LogP contribution in [0.15, 0.2) is 27.5 Å². The maximum absolute atomic E-state index is 12.8. The minimum atomic E-state index is -4.27. The molecule has 1 N–H and O–H groups in total. The molecule has 1 aromatic heterocycles. The van der Waals surface area contributed by atoms with Crippen LogP contribution in [0.3, 0.4) is 0 Å².